The van der Waals surface area contributed by atoms with Gasteiger partial charge in [-0.15, -0.1) is 5.30 Å². The Morgan fingerprint density at radius 1 is 0.706 bits per heavy atom. The van der Waals surface area contributed by atoms with Crippen LogP contribution in [0.4, 0.5) is 0 Å². The molecule has 0 fully saturated rings. The molecule has 0 bridgehead atoms. The van der Waals surface area contributed by atoms with E-state index < -0.39 is 0 Å². The van der Waals surface area contributed by atoms with Gasteiger partial charge in [-0.3, -0.25) is 0 Å². The summed E-state index contributed by atoms with van der Waals surface area (Å²) in [6.45, 7) is 8.43. The molecule has 0 aliphatic heterocycles. The van der Waals surface area contributed by atoms with Crippen molar-refractivity contribution in [1.29, 1.82) is 0 Å². The molecular weight excluding hydrogens is 438 g/mol. The van der Waals surface area contributed by atoms with E-state index in [9.17, 15) is 4.79 Å². The topological polar surface area (TPSA) is 44.8 Å². The first kappa shape index (κ1) is 30.6. The van der Waals surface area contributed by atoms with Crippen molar-refractivity contribution in [3.63, 3.8) is 0 Å². The van der Waals surface area contributed by atoms with Gasteiger partial charge in [0.15, 0.2) is 0 Å². The van der Waals surface area contributed by atoms with Crippen molar-refractivity contribution in [2.24, 2.45) is 0 Å². The molecular formula is C28H40LiO4P. The zero-order chi connectivity index (χ0) is 23.7. The van der Waals surface area contributed by atoms with Crippen molar-refractivity contribution in [3.05, 3.63) is 48.0 Å². The van der Waals surface area contributed by atoms with Crippen LogP contribution < -0.4 is 38.4 Å². The molecule has 0 aliphatic rings. The van der Waals surface area contributed by atoms with Gasteiger partial charge >= 0.3 is 18.9 Å². The largest absolute Gasteiger partial charge is 1.00 e. The Morgan fingerprint density at radius 3 is 1.65 bits per heavy atom. The van der Waals surface area contributed by atoms with Crippen LogP contribution in [0.15, 0.2) is 42.5 Å². The van der Waals surface area contributed by atoms with Gasteiger partial charge in [-0.1, -0.05) is 89.6 Å². The zero-order valence-corrected chi connectivity index (χ0v) is 22.5. The van der Waals surface area contributed by atoms with E-state index in [1.165, 1.54) is 0 Å². The van der Waals surface area contributed by atoms with E-state index in [4.69, 9.17) is 14.2 Å². The van der Waals surface area contributed by atoms with Crippen molar-refractivity contribution in [1.82, 2.24) is 0 Å². The first-order chi connectivity index (χ1) is 16.2. The van der Waals surface area contributed by atoms with E-state index in [1.54, 1.807) is 0 Å². The Bertz CT molecular complexity index is 780. The predicted molar refractivity (Wildman–Crippen MR) is 139 cm³/mol. The standard InChI is InChI=1S/C28H40O4P.Li/c1-4-7-13-18-30-24-21-25(31-19-14-8-5-2)27(26(22-24)32-20-15-9-6-3)33-28(29)23-16-11-10-12-17-23;/h10-12,16-17,21-22H,4-9,13-15,18-20H2,1-3H3;/q-1;+1. The number of ether oxygens (including phenoxy) is 3. The third-order valence-corrected chi connectivity index (χ3v) is 6.40. The summed E-state index contributed by atoms with van der Waals surface area (Å²) in [6.07, 6.45) is 9.76. The Balaban J connectivity index is 0.00000578. The van der Waals surface area contributed by atoms with E-state index in [0.29, 0.717) is 45.5 Å². The van der Waals surface area contributed by atoms with Gasteiger partial charge in [0, 0.05) is 17.7 Å². The van der Waals surface area contributed by atoms with Gasteiger partial charge in [-0.2, -0.15) is 0 Å². The second-order valence-corrected chi connectivity index (χ2v) is 9.29. The Morgan fingerprint density at radius 2 is 1.18 bits per heavy atom. The second-order valence-electron chi connectivity index (χ2n) is 8.22. The van der Waals surface area contributed by atoms with E-state index in [0.717, 1.165) is 68.8 Å². The van der Waals surface area contributed by atoms with E-state index in [-0.39, 0.29) is 24.4 Å². The summed E-state index contributed by atoms with van der Waals surface area (Å²) < 4.78 is 18.4. The SMILES string of the molecule is CCCCCOc1cc(OCCCCC)c([P-]C(=O)c2ccccc2)c(OCCCCC)c1.[Li+]. The fourth-order valence-corrected chi connectivity index (χ4v) is 4.29. The molecule has 0 saturated carbocycles. The molecule has 4 nitrogen and oxygen atoms in total. The van der Waals surface area contributed by atoms with Crippen molar-refractivity contribution in [3.8, 4) is 17.2 Å². The number of carbonyl (C=O) groups excluding carboxylic acids is 1. The van der Waals surface area contributed by atoms with Crippen LogP contribution in [0, 0.1) is 0 Å². The molecule has 0 spiro atoms. The molecule has 0 unspecified atom stereocenters. The number of carbonyl (C=O) groups is 1. The fourth-order valence-electron chi connectivity index (χ4n) is 3.33. The summed E-state index contributed by atoms with van der Waals surface area (Å²) >= 11 is 0. The fraction of sp³-hybridized carbons (Fsp3) is 0.536. The normalized spacial score (nSPS) is 10.8. The summed E-state index contributed by atoms with van der Waals surface area (Å²) in [5, 5.41) is 0.790. The quantitative estimate of drug-likeness (QED) is 0.175. The van der Waals surface area contributed by atoms with Crippen LogP contribution in [0.2, 0.25) is 0 Å². The maximum atomic E-state index is 13.0. The Kier molecular flexibility index (Phi) is 16.9. The summed E-state index contributed by atoms with van der Waals surface area (Å²) in [6, 6.07) is 13.3. The maximum Gasteiger partial charge on any atom is 1.00 e. The third-order valence-electron chi connectivity index (χ3n) is 5.28. The van der Waals surface area contributed by atoms with Crippen molar-refractivity contribution in [2.45, 2.75) is 78.6 Å². The van der Waals surface area contributed by atoms with Gasteiger partial charge in [-0.05, 0) is 24.8 Å². The molecule has 182 valence electrons. The van der Waals surface area contributed by atoms with Crippen LogP contribution in [-0.4, -0.2) is 25.3 Å². The minimum Gasteiger partial charge on any atom is -0.496 e. The average molecular weight is 479 g/mol. The van der Waals surface area contributed by atoms with Gasteiger partial charge in [0.2, 0.25) is 0 Å². The van der Waals surface area contributed by atoms with E-state index in [1.807, 2.05) is 42.5 Å². The van der Waals surface area contributed by atoms with Crippen LogP contribution in [-0.2, 0) is 0 Å². The van der Waals surface area contributed by atoms with Crippen LogP contribution in [0.5, 0.6) is 17.2 Å². The summed E-state index contributed by atoms with van der Waals surface area (Å²) in [5.41, 5.74) is 0.719. The molecule has 0 amide bonds. The maximum absolute atomic E-state index is 13.0. The minimum absolute atomic E-state index is 0. The number of unbranched alkanes of at least 4 members (excludes halogenated alkanes) is 6. The van der Waals surface area contributed by atoms with Crippen LogP contribution in [0.25, 0.3) is 0 Å². The molecule has 0 atom stereocenters. The number of hydrogen-bond donors (Lipinski definition) is 0. The molecule has 2 rings (SSSR count). The molecule has 0 saturated heterocycles. The Hall–Kier alpha value is -1.46. The van der Waals surface area contributed by atoms with Crippen molar-refractivity contribution in [2.75, 3.05) is 19.8 Å². The first-order valence-corrected chi connectivity index (χ1v) is 13.5. The smallest absolute Gasteiger partial charge is 0.496 e. The van der Waals surface area contributed by atoms with Crippen molar-refractivity contribution < 1.29 is 37.9 Å². The monoisotopic (exact) mass is 478 g/mol. The summed E-state index contributed by atoms with van der Waals surface area (Å²) in [5.74, 6) is 2.12. The van der Waals surface area contributed by atoms with Gasteiger partial charge < -0.3 is 27.6 Å². The molecule has 2 aromatic carbocycles. The molecule has 0 radical (unpaired) electrons. The molecule has 0 heterocycles. The van der Waals surface area contributed by atoms with Crippen LogP contribution in [0.3, 0.4) is 0 Å². The van der Waals surface area contributed by atoms with Gasteiger partial charge in [-0.25, -0.2) is 0 Å². The van der Waals surface area contributed by atoms with E-state index >= 15 is 0 Å². The number of hydrogen-bond acceptors (Lipinski definition) is 4. The van der Waals surface area contributed by atoms with Crippen LogP contribution in [0.1, 0.15) is 88.9 Å². The molecule has 2 aromatic rings. The summed E-state index contributed by atoms with van der Waals surface area (Å²) in [7, 11) is 0.553. The molecule has 0 N–H and O–H groups in total. The molecule has 0 aliphatic carbocycles. The second kappa shape index (κ2) is 18.8. The van der Waals surface area contributed by atoms with Crippen molar-refractivity contribution >= 4 is 19.4 Å². The minimum atomic E-state index is 0. The molecule has 6 heteroatoms. The van der Waals surface area contributed by atoms with E-state index in [2.05, 4.69) is 20.8 Å². The molecule has 34 heavy (non-hydrogen) atoms. The molecule has 0 aromatic heterocycles. The Labute approximate surface area is 220 Å². The average Bonchev–Trinajstić information content (AvgIpc) is 2.84. The number of rotatable bonds is 18. The van der Waals surface area contributed by atoms with Gasteiger partial charge in [0.05, 0.1) is 31.3 Å². The van der Waals surface area contributed by atoms with Crippen LogP contribution >= 0.6 is 8.58 Å². The third kappa shape index (κ3) is 11.3. The predicted octanol–water partition coefficient (Wildman–Crippen LogP) is 4.81. The van der Waals surface area contributed by atoms with Gasteiger partial charge in [0.25, 0.3) is 0 Å². The first-order valence-electron chi connectivity index (χ1n) is 12.6. The number of benzene rings is 2. The zero-order valence-electron chi connectivity index (χ0n) is 21.6. The van der Waals surface area contributed by atoms with Gasteiger partial charge in [0.1, 0.15) is 5.75 Å². The summed E-state index contributed by atoms with van der Waals surface area (Å²) in [4.78, 5) is 13.0.